The Morgan fingerprint density at radius 2 is 2.17 bits per heavy atom. The number of aryl methyl sites for hydroxylation is 1. The van der Waals surface area contributed by atoms with Gasteiger partial charge in [0.1, 0.15) is 5.52 Å². The van der Waals surface area contributed by atoms with E-state index in [2.05, 4.69) is 15.6 Å². The summed E-state index contributed by atoms with van der Waals surface area (Å²) in [5.74, 6) is 0.584. The number of carbonyl (C=O) groups is 1. The van der Waals surface area contributed by atoms with E-state index in [4.69, 9.17) is 0 Å². The Hall–Kier alpha value is -1.66. The minimum atomic E-state index is -0.372. The number of carbonyl (C=O) groups excluding carboxylic acids is 1. The van der Waals surface area contributed by atoms with Gasteiger partial charge in [0.2, 0.25) is 11.9 Å². The number of amides is 1. The minimum Gasteiger partial charge on any atom is -0.317 e. The fourth-order valence-electron chi connectivity index (χ4n) is 2.98. The Kier molecular flexibility index (Phi) is 5.96. The van der Waals surface area contributed by atoms with E-state index in [1.54, 1.807) is 23.7 Å². The van der Waals surface area contributed by atoms with E-state index in [0.717, 1.165) is 32.4 Å². The summed E-state index contributed by atoms with van der Waals surface area (Å²) in [5, 5.41) is 6.12. The zero-order valence-electron chi connectivity index (χ0n) is 13.1. The molecule has 0 aliphatic carbocycles. The van der Waals surface area contributed by atoms with E-state index in [-0.39, 0.29) is 24.1 Å². The van der Waals surface area contributed by atoms with Crippen LogP contribution in [0.15, 0.2) is 18.2 Å². The Morgan fingerprint density at radius 1 is 1.43 bits per heavy atom. The molecule has 126 valence electrons. The molecule has 2 heterocycles. The lowest BCUT2D eigenvalue weighted by molar-refractivity contribution is -0.116. The number of hydrogen-bond donors (Lipinski definition) is 2. The van der Waals surface area contributed by atoms with Crippen molar-refractivity contribution < 1.29 is 9.18 Å². The van der Waals surface area contributed by atoms with Crippen LogP contribution in [-0.4, -0.2) is 28.5 Å². The van der Waals surface area contributed by atoms with Gasteiger partial charge in [-0.05, 0) is 50.4 Å². The van der Waals surface area contributed by atoms with Crippen molar-refractivity contribution in [3.63, 3.8) is 0 Å². The molecule has 1 fully saturated rings. The summed E-state index contributed by atoms with van der Waals surface area (Å²) in [6.07, 6.45) is 3.64. The van der Waals surface area contributed by atoms with Gasteiger partial charge in [0.15, 0.2) is 5.82 Å². The number of para-hydroxylation sites is 1. The molecule has 1 amide bonds. The summed E-state index contributed by atoms with van der Waals surface area (Å²) in [7, 11) is 1.77. The number of fused-ring (bicyclic) bond motifs is 1. The molecule has 2 N–H and O–H groups in total. The summed E-state index contributed by atoms with van der Waals surface area (Å²) < 4.78 is 15.4. The maximum absolute atomic E-state index is 13.7. The maximum atomic E-state index is 13.7. The average Bonchev–Trinajstić information content (AvgIpc) is 2.85. The molecule has 1 aromatic heterocycles. The molecule has 3 rings (SSSR count). The zero-order chi connectivity index (χ0) is 15.5. The predicted molar refractivity (Wildman–Crippen MR) is 91.4 cm³/mol. The van der Waals surface area contributed by atoms with Crippen LogP contribution < -0.4 is 10.6 Å². The highest BCUT2D eigenvalue weighted by atomic mass is 35.5. The molecular formula is C16H22ClFN4O. The third kappa shape index (κ3) is 4.00. The van der Waals surface area contributed by atoms with Crippen molar-refractivity contribution in [2.45, 2.75) is 25.7 Å². The van der Waals surface area contributed by atoms with Gasteiger partial charge in [0.25, 0.3) is 0 Å². The molecule has 1 aliphatic rings. The molecule has 0 unspecified atom stereocenters. The van der Waals surface area contributed by atoms with Gasteiger partial charge in [-0.3, -0.25) is 10.1 Å². The van der Waals surface area contributed by atoms with Crippen LogP contribution in [0.25, 0.3) is 11.0 Å². The number of aromatic nitrogens is 2. The molecule has 0 spiro atoms. The highest BCUT2D eigenvalue weighted by Gasteiger charge is 2.16. The first-order valence-corrected chi connectivity index (χ1v) is 7.76. The van der Waals surface area contributed by atoms with Crippen molar-refractivity contribution in [2.24, 2.45) is 13.0 Å². The SMILES string of the molecule is Cl.Cn1c(NC(=O)CCC2CCNCC2)nc2c(F)cccc21. The smallest absolute Gasteiger partial charge is 0.226 e. The van der Waals surface area contributed by atoms with E-state index in [1.165, 1.54) is 6.07 Å². The first kappa shape index (κ1) is 17.7. The Labute approximate surface area is 141 Å². The van der Waals surface area contributed by atoms with Gasteiger partial charge >= 0.3 is 0 Å². The standard InChI is InChI=1S/C16H21FN4O.ClH/c1-21-13-4-2-3-12(17)15(13)20-16(21)19-14(22)6-5-11-7-9-18-10-8-11;/h2-4,11,18H,5-10H2,1H3,(H,19,20,22);1H. The Balaban J connectivity index is 0.00000192. The van der Waals surface area contributed by atoms with Crippen molar-refractivity contribution in [1.29, 1.82) is 0 Å². The van der Waals surface area contributed by atoms with Gasteiger partial charge in [0.05, 0.1) is 5.52 Å². The number of piperidine rings is 1. The number of rotatable bonds is 4. The summed E-state index contributed by atoms with van der Waals surface area (Å²) >= 11 is 0. The number of nitrogens with one attached hydrogen (secondary N) is 2. The fourth-order valence-corrected chi connectivity index (χ4v) is 2.98. The molecule has 1 aromatic carbocycles. The number of imidazole rings is 1. The van der Waals surface area contributed by atoms with E-state index in [9.17, 15) is 9.18 Å². The maximum Gasteiger partial charge on any atom is 0.226 e. The molecule has 0 bridgehead atoms. The van der Waals surface area contributed by atoms with Gasteiger partial charge in [0, 0.05) is 13.5 Å². The second-order valence-electron chi connectivity index (χ2n) is 5.88. The van der Waals surface area contributed by atoms with E-state index in [0.29, 0.717) is 29.3 Å². The topological polar surface area (TPSA) is 59.0 Å². The van der Waals surface area contributed by atoms with Gasteiger partial charge in [-0.15, -0.1) is 12.4 Å². The van der Waals surface area contributed by atoms with Crippen molar-refractivity contribution >= 4 is 35.3 Å². The first-order valence-electron chi connectivity index (χ1n) is 7.76. The molecule has 0 saturated carbocycles. The molecule has 0 atom stereocenters. The molecule has 1 aliphatic heterocycles. The monoisotopic (exact) mass is 340 g/mol. The largest absolute Gasteiger partial charge is 0.317 e. The lowest BCUT2D eigenvalue weighted by Gasteiger charge is -2.22. The highest BCUT2D eigenvalue weighted by Crippen LogP contribution is 2.22. The van der Waals surface area contributed by atoms with E-state index >= 15 is 0 Å². The van der Waals surface area contributed by atoms with Crippen LogP contribution in [0.1, 0.15) is 25.7 Å². The average molecular weight is 341 g/mol. The van der Waals surface area contributed by atoms with Crippen molar-refractivity contribution in [3.05, 3.63) is 24.0 Å². The van der Waals surface area contributed by atoms with E-state index < -0.39 is 0 Å². The van der Waals surface area contributed by atoms with Crippen LogP contribution in [0.5, 0.6) is 0 Å². The van der Waals surface area contributed by atoms with Crippen LogP contribution in [0.4, 0.5) is 10.3 Å². The zero-order valence-corrected chi connectivity index (χ0v) is 14.0. The highest BCUT2D eigenvalue weighted by molar-refractivity contribution is 5.91. The van der Waals surface area contributed by atoms with Crippen LogP contribution in [-0.2, 0) is 11.8 Å². The van der Waals surface area contributed by atoms with Crippen molar-refractivity contribution in [1.82, 2.24) is 14.9 Å². The minimum absolute atomic E-state index is 0. The third-order valence-electron chi connectivity index (χ3n) is 4.35. The molecule has 7 heteroatoms. The number of halogens is 2. The van der Waals surface area contributed by atoms with Crippen LogP contribution in [0, 0.1) is 11.7 Å². The molecule has 5 nitrogen and oxygen atoms in total. The van der Waals surface area contributed by atoms with Crippen LogP contribution in [0.2, 0.25) is 0 Å². The lowest BCUT2D eigenvalue weighted by Crippen LogP contribution is -2.28. The summed E-state index contributed by atoms with van der Waals surface area (Å²) in [6.45, 7) is 2.08. The van der Waals surface area contributed by atoms with Gasteiger partial charge < -0.3 is 9.88 Å². The fraction of sp³-hybridized carbons (Fsp3) is 0.500. The third-order valence-corrected chi connectivity index (χ3v) is 4.35. The van der Waals surface area contributed by atoms with Crippen molar-refractivity contribution in [2.75, 3.05) is 18.4 Å². The van der Waals surface area contributed by atoms with Gasteiger partial charge in [-0.2, -0.15) is 0 Å². The first-order chi connectivity index (χ1) is 10.6. The number of hydrogen-bond acceptors (Lipinski definition) is 3. The van der Waals surface area contributed by atoms with Crippen LogP contribution in [0.3, 0.4) is 0 Å². The molecule has 1 saturated heterocycles. The summed E-state index contributed by atoms with van der Waals surface area (Å²) in [5.41, 5.74) is 0.965. The lowest BCUT2D eigenvalue weighted by atomic mass is 9.93. The van der Waals surface area contributed by atoms with Gasteiger partial charge in [-0.1, -0.05) is 6.07 Å². The quantitative estimate of drug-likeness (QED) is 0.899. The van der Waals surface area contributed by atoms with Crippen LogP contribution >= 0.6 is 12.4 Å². The second kappa shape index (κ2) is 7.75. The summed E-state index contributed by atoms with van der Waals surface area (Å²) in [6, 6.07) is 4.80. The molecular weight excluding hydrogens is 319 g/mol. The Bertz CT molecular complexity index is 682. The predicted octanol–water partition coefficient (Wildman–Crippen LogP) is 2.85. The number of nitrogens with zero attached hydrogens (tertiary/aromatic N) is 2. The Morgan fingerprint density at radius 3 is 2.87 bits per heavy atom. The van der Waals surface area contributed by atoms with Crippen molar-refractivity contribution in [3.8, 4) is 0 Å². The number of anilines is 1. The molecule has 23 heavy (non-hydrogen) atoms. The molecule has 0 radical (unpaired) electrons. The summed E-state index contributed by atoms with van der Waals surface area (Å²) in [4.78, 5) is 16.3. The van der Waals surface area contributed by atoms with Gasteiger partial charge in [-0.25, -0.2) is 9.37 Å². The second-order valence-corrected chi connectivity index (χ2v) is 5.88. The normalized spacial score (nSPS) is 15.4. The van der Waals surface area contributed by atoms with E-state index in [1.807, 2.05) is 0 Å². The molecule has 2 aromatic rings. The number of benzene rings is 1.